The molecule has 2 nitrogen and oxygen atoms in total. The maximum Gasteiger partial charge on any atom is 0.202 e. The highest BCUT2D eigenvalue weighted by atomic mass is 16.6. The van der Waals surface area contributed by atoms with E-state index in [0.29, 0.717) is 0 Å². The number of terminal acetylenes is 2. The molecule has 0 aromatic carbocycles. The first kappa shape index (κ1) is 6.59. The molecule has 0 rings (SSSR count). The molecule has 0 heterocycles. The van der Waals surface area contributed by atoms with E-state index in [1.165, 1.54) is 7.11 Å². The summed E-state index contributed by atoms with van der Waals surface area (Å²) in [5, 5.41) is 3.31. The van der Waals surface area contributed by atoms with Gasteiger partial charge in [0.1, 0.15) is 7.11 Å². The lowest BCUT2D eigenvalue weighted by atomic mass is 10.4. The van der Waals surface area contributed by atoms with Crippen LogP contribution in [0.25, 0.3) is 0 Å². The summed E-state index contributed by atoms with van der Waals surface area (Å²) < 4.78 is 0. The maximum absolute atomic E-state index is 4.87. The van der Waals surface area contributed by atoms with E-state index >= 15 is 0 Å². The molecule has 0 unspecified atom stereocenters. The van der Waals surface area contributed by atoms with Crippen LogP contribution in [-0.2, 0) is 4.84 Å². The van der Waals surface area contributed by atoms with E-state index < -0.39 is 0 Å². The third-order valence-corrected chi connectivity index (χ3v) is 0.456. The quantitative estimate of drug-likeness (QED) is 0.267. The molecule has 0 fully saturated rings. The van der Waals surface area contributed by atoms with Gasteiger partial charge < -0.3 is 4.84 Å². The molecule has 8 heavy (non-hydrogen) atoms. The fourth-order valence-corrected chi connectivity index (χ4v) is 0.186. The first-order valence-electron chi connectivity index (χ1n) is 1.89. The van der Waals surface area contributed by atoms with Gasteiger partial charge >= 0.3 is 0 Å². The highest BCUT2D eigenvalue weighted by Gasteiger charge is 1.81. The Kier molecular flexibility index (Phi) is 3.10. The Morgan fingerprint density at radius 2 is 2.00 bits per heavy atom. The van der Waals surface area contributed by atoms with Crippen molar-refractivity contribution in [2.24, 2.45) is 5.16 Å². The Labute approximate surface area is 48.5 Å². The minimum absolute atomic E-state index is 0.174. The van der Waals surface area contributed by atoms with E-state index in [2.05, 4.69) is 21.8 Å². The highest BCUT2D eigenvalue weighted by Crippen LogP contribution is 1.72. The smallest absolute Gasteiger partial charge is 0.202 e. The van der Waals surface area contributed by atoms with E-state index in [4.69, 9.17) is 12.8 Å². The number of nitrogens with zero attached hydrogens (tertiary/aromatic N) is 1. The van der Waals surface area contributed by atoms with Gasteiger partial charge in [0, 0.05) is 0 Å². The van der Waals surface area contributed by atoms with Gasteiger partial charge in [-0.15, -0.1) is 12.8 Å². The molecule has 0 N–H and O–H groups in total. The Bertz CT molecular complexity index is 152. The van der Waals surface area contributed by atoms with E-state index in [0.717, 1.165) is 0 Å². The summed E-state index contributed by atoms with van der Waals surface area (Å²) in [6, 6.07) is 0. The summed E-state index contributed by atoms with van der Waals surface area (Å²) in [7, 11) is 1.38. The molecule has 0 bridgehead atoms. The maximum atomic E-state index is 4.87. The van der Waals surface area contributed by atoms with Gasteiger partial charge in [0.25, 0.3) is 0 Å². The molecule has 2 heteroatoms. The molecular formula is C6H5NO. The summed E-state index contributed by atoms with van der Waals surface area (Å²) >= 11 is 0. The molecular weight excluding hydrogens is 102 g/mol. The van der Waals surface area contributed by atoms with E-state index in [9.17, 15) is 0 Å². The van der Waals surface area contributed by atoms with Crippen molar-refractivity contribution < 1.29 is 4.84 Å². The summed E-state index contributed by atoms with van der Waals surface area (Å²) in [5.74, 6) is 4.28. The topological polar surface area (TPSA) is 21.6 Å². The third kappa shape index (κ3) is 1.89. The zero-order valence-corrected chi connectivity index (χ0v) is 4.51. The van der Waals surface area contributed by atoms with Crippen LogP contribution in [-0.4, -0.2) is 12.8 Å². The molecule has 0 radical (unpaired) electrons. The summed E-state index contributed by atoms with van der Waals surface area (Å²) in [6.07, 6.45) is 9.73. The lowest BCUT2D eigenvalue weighted by molar-refractivity contribution is 0.214. The van der Waals surface area contributed by atoms with Crippen molar-refractivity contribution in [3.63, 3.8) is 0 Å². The van der Waals surface area contributed by atoms with Crippen molar-refractivity contribution in [1.29, 1.82) is 0 Å². The van der Waals surface area contributed by atoms with Crippen LogP contribution in [0.1, 0.15) is 0 Å². The van der Waals surface area contributed by atoms with Crippen LogP contribution in [0.3, 0.4) is 0 Å². The molecule has 0 aliphatic carbocycles. The molecule has 0 spiro atoms. The van der Waals surface area contributed by atoms with Crippen molar-refractivity contribution >= 4 is 5.71 Å². The van der Waals surface area contributed by atoms with Crippen molar-refractivity contribution in [2.45, 2.75) is 0 Å². The predicted molar refractivity (Wildman–Crippen MR) is 32.1 cm³/mol. The fraction of sp³-hybridized carbons (Fsp3) is 0.167. The Hall–Kier alpha value is -1.41. The molecule has 0 saturated carbocycles. The largest absolute Gasteiger partial charge is 0.398 e. The zero-order chi connectivity index (χ0) is 6.41. The van der Waals surface area contributed by atoms with Gasteiger partial charge in [-0.25, -0.2) is 0 Å². The number of oxime groups is 1. The molecule has 0 aliphatic rings. The molecule has 0 aliphatic heterocycles. The molecule has 0 aromatic rings. The van der Waals surface area contributed by atoms with Gasteiger partial charge in [-0.2, -0.15) is 0 Å². The molecule has 40 valence electrons. The first-order valence-corrected chi connectivity index (χ1v) is 1.89. The molecule has 0 saturated heterocycles. The second-order valence-electron chi connectivity index (χ2n) is 0.911. The lowest BCUT2D eigenvalue weighted by Crippen LogP contribution is -1.87. The van der Waals surface area contributed by atoms with E-state index in [1.54, 1.807) is 0 Å². The normalized spacial score (nSPS) is 5.88. The van der Waals surface area contributed by atoms with Gasteiger partial charge in [0.05, 0.1) is 0 Å². The lowest BCUT2D eigenvalue weighted by Gasteiger charge is -1.82. The first-order chi connectivity index (χ1) is 3.85. The average molecular weight is 107 g/mol. The van der Waals surface area contributed by atoms with Crippen LogP contribution in [0.2, 0.25) is 0 Å². The van der Waals surface area contributed by atoms with Gasteiger partial charge in [-0.1, -0.05) is 5.16 Å². The predicted octanol–water partition coefficient (Wildman–Crippen LogP) is 0.255. The van der Waals surface area contributed by atoms with Gasteiger partial charge in [0.15, 0.2) is 0 Å². The highest BCUT2D eigenvalue weighted by molar-refractivity contribution is 6.12. The summed E-state index contributed by atoms with van der Waals surface area (Å²) in [6.45, 7) is 0. The monoisotopic (exact) mass is 107 g/mol. The van der Waals surface area contributed by atoms with Crippen LogP contribution in [0, 0.1) is 24.7 Å². The second-order valence-corrected chi connectivity index (χ2v) is 0.911. The number of hydrogen-bond donors (Lipinski definition) is 0. The molecule has 0 amide bonds. The SMILES string of the molecule is C#CC(C#C)=NOC. The van der Waals surface area contributed by atoms with Gasteiger partial charge in [-0.05, 0) is 11.8 Å². The summed E-state index contributed by atoms with van der Waals surface area (Å²) in [4.78, 5) is 4.29. The van der Waals surface area contributed by atoms with Crippen molar-refractivity contribution in [3.05, 3.63) is 0 Å². The van der Waals surface area contributed by atoms with Crippen molar-refractivity contribution in [2.75, 3.05) is 7.11 Å². The Morgan fingerprint density at radius 3 is 2.12 bits per heavy atom. The van der Waals surface area contributed by atoms with Gasteiger partial charge in [-0.3, -0.25) is 0 Å². The van der Waals surface area contributed by atoms with Crippen LogP contribution < -0.4 is 0 Å². The van der Waals surface area contributed by atoms with Crippen LogP contribution in [0.5, 0.6) is 0 Å². The standard InChI is InChI=1S/C6H5NO/c1-4-6(5-2)7-8-3/h1-2H,3H3. The number of rotatable bonds is 1. The summed E-state index contributed by atoms with van der Waals surface area (Å²) in [5.41, 5.74) is 0.174. The minimum atomic E-state index is 0.174. The third-order valence-electron chi connectivity index (χ3n) is 0.456. The molecule has 0 atom stereocenters. The fourth-order valence-electron chi connectivity index (χ4n) is 0.186. The Balaban J connectivity index is 3.99. The molecule has 0 aromatic heterocycles. The minimum Gasteiger partial charge on any atom is -0.398 e. The van der Waals surface area contributed by atoms with Crippen molar-refractivity contribution in [1.82, 2.24) is 0 Å². The van der Waals surface area contributed by atoms with Crippen LogP contribution in [0.4, 0.5) is 0 Å². The van der Waals surface area contributed by atoms with Crippen molar-refractivity contribution in [3.8, 4) is 24.7 Å². The Morgan fingerprint density at radius 1 is 1.50 bits per heavy atom. The van der Waals surface area contributed by atoms with E-state index in [1.807, 2.05) is 0 Å². The van der Waals surface area contributed by atoms with Crippen LogP contribution >= 0.6 is 0 Å². The average Bonchev–Trinajstić information content (AvgIpc) is 1.83. The zero-order valence-electron chi connectivity index (χ0n) is 4.51. The van der Waals surface area contributed by atoms with Gasteiger partial charge in [0.2, 0.25) is 5.71 Å². The number of hydrogen-bond acceptors (Lipinski definition) is 2. The second kappa shape index (κ2) is 3.77. The van der Waals surface area contributed by atoms with Crippen LogP contribution in [0.15, 0.2) is 5.16 Å². The van der Waals surface area contributed by atoms with E-state index in [-0.39, 0.29) is 5.71 Å².